The van der Waals surface area contributed by atoms with Crippen molar-refractivity contribution in [1.29, 1.82) is 5.26 Å². The molecule has 0 saturated carbocycles. The first-order chi connectivity index (χ1) is 8.29. The van der Waals surface area contributed by atoms with Gasteiger partial charge in [-0.2, -0.15) is 5.26 Å². The molecule has 0 heterocycles. The van der Waals surface area contributed by atoms with Crippen LogP contribution in [0.5, 0.6) is 0 Å². The Morgan fingerprint density at radius 3 is 2.41 bits per heavy atom. The number of benzene rings is 1. The molecule has 1 aromatic rings. The molecule has 2 heteroatoms. The molecule has 0 atom stereocenters. The monoisotopic (exact) mass is 229 g/mol. The molecule has 0 N–H and O–H groups in total. The predicted octanol–water partition coefficient (Wildman–Crippen LogP) is 3.11. The van der Waals surface area contributed by atoms with Gasteiger partial charge in [-0.05, 0) is 43.2 Å². The molecule has 1 aliphatic rings. The number of methoxy groups -OCH3 is 1. The fraction of sp³-hybridized carbons (Fsp3) is 0.533. The zero-order valence-electron chi connectivity index (χ0n) is 10.4. The van der Waals surface area contributed by atoms with Crippen LogP contribution >= 0.6 is 0 Å². The van der Waals surface area contributed by atoms with Gasteiger partial charge in [-0.25, -0.2) is 0 Å². The molecule has 0 aliphatic heterocycles. The summed E-state index contributed by atoms with van der Waals surface area (Å²) < 4.78 is 5.05. The number of nitriles is 1. The first kappa shape index (κ1) is 12.1. The van der Waals surface area contributed by atoms with Crippen molar-refractivity contribution in [1.82, 2.24) is 0 Å². The number of ether oxygens (including phenoxy) is 1. The van der Waals surface area contributed by atoms with Crippen LogP contribution in [0.3, 0.4) is 0 Å². The van der Waals surface area contributed by atoms with E-state index in [2.05, 4.69) is 30.3 Å². The summed E-state index contributed by atoms with van der Waals surface area (Å²) in [5.74, 6) is 0. The predicted molar refractivity (Wildman–Crippen MR) is 67.6 cm³/mol. The van der Waals surface area contributed by atoms with Gasteiger partial charge in [-0.15, -0.1) is 0 Å². The van der Waals surface area contributed by atoms with Crippen LogP contribution in [-0.4, -0.2) is 13.7 Å². The second kappa shape index (κ2) is 5.33. The molecule has 0 unspecified atom stereocenters. The molecule has 0 bridgehead atoms. The lowest BCUT2D eigenvalue weighted by Crippen LogP contribution is -2.19. The van der Waals surface area contributed by atoms with Gasteiger partial charge >= 0.3 is 0 Å². The van der Waals surface area contributed by atoms with Crippen molar-refractivity contribution in [2.24, 2.45) is 5.41 Å². The first-order valence-corrected chi connectivity index (χ1v) is 6.27. The van der Waals surface area contributed by atoms with Crippen LogP contribution in [0.2, 0.25) is 0 Å². The second-order valence-corrected chi connectivity index (χ2v) is 4.96. The third-order valence-electron chi connectivity index (χ3n) is 3.67. The number of hydrogen-bond donors (Lipinski definition) is 0. The molecule has 0 spiro atoms. The third kappa shape index (κ3) is 2.68. The summed E-state index contributed by atoms with van der Waals surface area (Å²) in [6.07, 6.45) is 4.96. The molecule has 0 amide bonds. The number of unbranched alkanes of at least 4 members (excludes halogenated alkanes) is 1. The van der Waals surface area contributed by atoms with Crippen molar-refractivity contribution in [3.05, 3.63) is 35.4 Å². The molecule has 90 valence electrons. The van der Waals surface area contributed by atoms with Gasteiger partial charge in [-0.3, -0.25) is 0 Å². The Balaban J connectivity index is 1.98. The van der Waals surface area contributed by atoms with Crippen molar-refractivity contribution in [3.8, 4) is 6.07 Å². The normalized spacial score (nSPS) is 16.5. The highest BCUT2D eigenvalue weighted by molar-refractivity contribution is 5.36. The lowest BCUT2D eigenvalue weighted by Gasteiger charge is -2.19. The minimum absolute atomic E-state index is 0.155. The minimum atomic E-state index is -0.155. The van der Waals surface area contributed by atoms with Crippen LogP contribution in [0.25, 0.3) is 0 Å². The van der Waals surface area contributed by atoms with Gasteiger partial charge in [0.1, 0.15) is 0 Å². The topological polar surface area (TPSA) is 33.0 Å². The standard InChI is InChI=1S/C15H19NO/c1-17-9-5-4-8-15(12-16)10-13-6-2-3-7-14(13)11-15/h2-3,6-7H,4-5,8-11H2,1H3. The molecule has 2 rings (SSSR count). The lowest BCUT2D eigenvalue weighted by molar-refractivity contribution is 0.187. The molecular weight excluding hydrogens is 210 g/mol. The maximum atomic E-state index is 9.46. The smallest absolute Gasteiger partial charge is 0.0696 e. The van der Waals surface area contributed by atoms with Gasteiger partial charge < -0.3 is 4.74 Å². The van der Waals surface area contributed by atoms with Crippen LogP contribution in [0.4, 0.5) is 0 Å². The Hall–Kier alpha value is -1.33. The van der Waals surface area contributed by atoms with Gasteiger partial charge in [0.2, 0.25) is 0 Å². The quantitative estimate of drug-likeness (QED) is 0.727. The van der Waals surface area contributed by atoms with Crippen molar-refractivity contribution < 1.29 is 4.74 Å². The van der Waals surface area contributed by atoms with E-state index < -0.39 is 0 Å². The van der Waals surface area contributed by atoms with Crippen LogP contribution in [0.1, 0.15) is 30.4 Å². The summed E-state index contributed by atoms with van der Waals surface area (Å²) >= 11 is 0. The van der Waals surface area contributed by atoms with Gasteiger partial charge in [0.25, 0.3) is 0 Å². The van der Waals surface area contributed by atoms with E-state index in [4.69, 9.17) is 4.74 Å². The van der Waals surface area contributed by atoms with E-state index in [0.717, 1.165) is 38.7 Å². The molecule has 2 nitrogen and oxygen atoms in total. The maximum absolute atomic E-state index is 9.46. The summed E-state index contributed by atoms with van der Waals surface area (Å²) in [4.78, 5) is 0. The highest BCUT2D eigenvalue weighted by Crippen LogP contribution is 2.40. The van der Waals surface area contributed by atoms with Crippen molar-refractivity contribution in [3.63, 3.8) is 0 Å². The summed E-state index contributed by atoms with van der Waals surface area (Å²) in [5, 5.41) is 9.46. The Kier molecular flexibility index (Phi) is 3.81. The number of rotatable bonds is 5. The van der Waals surface area contributed by atoms with Gasteiger partial charge in [0, 0.05) is 13.7 Å². The molecule has 0 radical (unpaired) electrons. The average molecular weight is 229 g/mol. The van der Waals surface area contributed by atoms with E-state index in [-0.39, 0.29) is 5.41 Å². The number of hydrogen-bond acceptors (Lipinski definition) is 2. The summed E-state index contributed by atoms with van der Waals surface area (Å²) in [6.45, 7) is 0.800. The van der Waals surface area contributed by atoms with E-state index in [1.165, 1.54) is 11.1 Å². The summed E-state index contributed by atoms with van der Waals surface area (Å²) in [7, 11) is 1.73. The molecule has 0 fully saturated rings. The highest BCUT2D eigenvalue weighted by Gasteiger charge is 2.36. The van der Waals surface area contributed by atoms with Crippen molar-refractivity contribution >= 4 is 0 Å². The van der Waals surface area contributed by atoms with Crippen LogP contribution in [-0.2, 0) is 17.6 Å². The van der Waals surface area contributed by atoms with Gasteiger partial charge in [0.05, 0.1) is 11.5 Å². The number of fused-ring (bicyclic) bond motifs is 1. The largest absolute Gasteiger partial charge is 0.385 e. The van der Waals surface area contributed by atoms with Crippen LogP contribution in [0.15, 0.2) is 24.3 Å². The van der Waals surface area contributed by atoms with Gasteiger partial charge in [0.15, 0.2) is 0 Å². The molecule has 1 aliphatic carbocycles. The Morgan fingerprint density at radius 2 is 1.88 bits per heavy atom. The number of nitrogens with zero attached hydrogens (tertiary/aromatic N) is 1. The van der Waals surface area contributed by atoms with Gasteiger partial charge in [-0.1, -0.05) is 24.3 Å². The summed E-state index contributed by atoms with van der Waals surface area (Å²) in [5.41, 5.74) is 2.57. The van der Waals surface area contributed by atoms with Crippen LogP contribution < -0.4 is 0 Å². The minimum Gasteiger partial charge on any atom is -0.385 e. The highest BCUT2D eigenvalue weighted by atomic mass is 16.5. The Bertz CT molecular complexity index is 394. The average Bonchev–Trinajstić information content (AvgIpc) is 2.74. The first-order valence-electron chi connectivity index (χ1n) is 6.27. The Morgan fingerprint density at radius 1 is 1.24 bits per heavy atom. The van der Waals surface area contributed by atoms with Crippen molar-refractivity contribution in [2.75, 3.05) is 13.7 Å². The molecule has 17 heavy (non-hydrogen) atoms. The fourth-order valence-electron chi connectivity index (χ4n) is 2.72. The van der Waals surface area contributed by atoms with E-state index in [1.54, 1.807) is 7.11 Å². The van der Waals surface area contributed by atoms with E-state index in [1.807, 2.05) is 0 Å². The van der Waals surface area contributed by atoms with E-state index >= 15 is 0 Å². The molecular formula is C15H19NO. The SMILES string of the molecule is COCCCCC1(C#N)Cc2ccccc2C1. The van der Waals surface area contributed by atoms with Crippen LogP contribution in [0, 0.1) is 16.7 Å². The van der Waals surface area contributed by atoms with Crippen molar-refractivity contribution in [2.45, 2.75) is 32.1 Å². The third-order valence-corrected chi connectivity index (χ3v) is 3.67. The van der Waals surface area contributed by atoms with E-state index in [0.29, 0.717) is 0 Å². The second-order valence-electron chi connectivity index (χ2n) is 4.96. The van der Waals surface area contributed by atoms with E-state index in [9.17, 15) is 5.26 Å². The fourth-order valence-corrected chi connectivity index (χ4v) is 2.72. The summed E-state index contributed by atoms with van der Waals surface area (Å²) in [6, 6.07) is 11.0. The molecule has 0 aromatic heterocycles. The zero-order chi connectivity index (χ0) is 12.1. The molecule has 0 saturated heterocycles. The zero-order valence-corrected chi connectivity index (χ0v) is 10.4. The molecule has 1 aromatic carbocycles. The maximum Gasteiger partial charge on any atom is 0.0696 e. The lowest BCUT2D eigenvalue weighted by atomic mass is 9.81. The Labute approximate surface area is 103 Å².